The molecule has 0 aromatic heterocycles. The molecule has 0 aliphatic carbocycles. The normalized spacial score (nSPS) is 29.7. The lowest BCUT2D eigenvalue weighted by Crippen LogP contribution is -2.60. The second kappa shape index (κ2) is 14.3. The Hall–Kier alpha value is -2.24. The van der Waals surface area contributed by atoms with Crippen LogP contribution in [0.3, 0.4) is 0 Å². The molecule has 3 rings (SSSR count). The number of rotatable bonds is 16. The molecule has 3 heterocycles. The fourth-order valence-electron chi connectivity index (χ4n) is 6.46. The van der Waals surface area contributed by atoms with E-state index in [0.717, 1.165) is 12.8 Å². The van der Waals surface area contributed by atoms with Crippen LogP contribution in [0.4, 0.5) is 0 Å². The molecule has 1 unspecified atom stereocenters. The number of likely N-dealkylation sites (tertiary alicyclic amines) is 1. The number of allylic oxidation sites excluding steroid dienone is 1. The van der Waals surface area contributed by atoms with Gasteiger partial charge in [-0.15, -0.1) is 13.2 Å². The molecule has 0 radical (unpaired) electrons. The topological polar surface area (TPSA) is 125 Å². The number of alkyl halides is 1. The molecule has 2 N–H and O–H groups in total. The van der Waals surface area contributed by atoms with Crippen LogP contribution in [0.25, 0.3) is 0 Å². The summed E-state index contributed by atoms with van der Waals surface area (Å²) < 4.78 is 12.3. The van der Waals surface area contributed by atoms with Crippen LogP contribution in [0.1, 0.15) is 59.8 Å². The van der Waals surface area contributed by atoms with Gasteiger partial charge in [-0.3, -0.25) is 19.2 Å². The van der Waals surface area contributed by atoms with Crippen molar-refractivity contribution < 1.29 is 33.8 Å². The van der Waals surface area contributed by atoms with Crippen LogP contribution >= 0.6 is 15.9 Å². The first-order chi connectivity index (χ1) is 19.5. The number of hydrogen-bond donors (Lipinski definition) is 2. The molecule has 3 saturated heterocycles. The van der Waals surface area contributed by atoms with E-state index >= 15 is 0 Å². The number of carbonyl (C=O) groups excluding carboxylic acids is 4. The highest BCUT2D eigenvalue weighted by molar-refractivity contribution is 9.09. The number of esters is 1. The predicted molar refractivity (Wildman–Crippen MR) is 158 cm³/mol. The highest BCUT2D eigenvalue weighted by atomic mass is 79.9. The van der Waals surface area contributed by atoms with Crippen molar-refractivity contribution in [3.8, 4) is 0 Å². The minimum absolute atomic E-state index is 0.128. The second-order valence-corrected chi connectivity index (χ2v) is 12.9. The first-order valence-corrected chi connectivity index (χ1v) is 15.6. The molecule has 8 atom stereocenters. The summed E-state index contributed by atoms with van der Waals surface area (Å²) in [6.07, 6.45) is 4.90. The van der Waals surface area contributed by atoms with Crippen molar-refractivity contribution in [2.45, 2.75) is 94.5 Å². The van der Waals surface area contributed by atoms with Gasteiger partial charge in [0.05, 0.1) is 37.1 Å². The van der Waals surface area contributed by atoms with Gasteiger partial charge >= 0.3 is 5.97 Å². The lowest BCUT2D eigenvalue weighted by Gasteiger charge is -2.40. The highest BCUT2D eigenvalue weighted by Gasteiger charge is 2.77. The first kappa shape index (κ1) is 33.3. The molecule has 11 heteroatoms. The molecule has 3 amide bonds. The lowest BCUT2D eigenvalue weighted by atomic mass is 9.70. The maximum atomic E-state index is 14.3. The van der Waals surface area contributed by atoms with Crippen LogP contribution in [0.15, 0.2) is 25.3 Å². The summed E-state index contributed by atoms with van der Waals surface area (Å²) in [5.41, 5.74) is -1.24. The van der Waals surface area contributed by atoms with Crippen LogP contribution in [0.2, 0.25) is 0 Å². The molecular weight excluding hydrogens is 594 g/mol. The fraction of sp³-hybridized carbons (Fsp3) is 0.733. The van der Waals surface area contributed by atoms with E-state index in [2.05, 4.69) is 34.4 Å². The van der Waals surface area contributed by atoms with Crippen molar-refractivity contribution in [2.24, 2.45) is 17.8 Å². The zero-order valence-corrected chi connectivity index (χ0v) is 26.3. The molecule has 0 aromatic rings. The molecule has 3 aliphatic heterocycles. The van der Waals surface area contributed by atoms with Gasteiger partial charge in [0.25, 0.3) is 0 Å². The Morgan fingerprint density at radius 3 is 2.59 bits per heavy atom. The number of carbonyl (C=O) groups is 4. The van der Waals surface area contributed by atoms with Gasteiger partial charge in [0.2, 0.25) is 17.7 Å². The molecule has 0 saturated carbocycles. The van der Waals surface area contributed by atoms with Gasteiger partial charge in [0, 0.05) is 24.3 Å². The van der Waals surface area contributed by atoms with Gasteiger partial charge in [-0.05, 0) is 32.1 Å². The number of hydrogen-bond acceptors (Lipinski definition) is 7. The number of aliphatic hydroxyl groups is 1. The third-order valence-corrected chi connectivity index (χ3v) is 9.31. The summed E-state index contributed by atoms with van der Waals surface area (Å²) in [4.78, 5) is 57.1. The monoisotopic (exact) mass is 639 g/mol. The standard InChI is InChI=1S/C30H46BrN3O7/c1-7-10-12-22(36)32-16-19(6)40-29(39)23-24-27(37)34(21(17-35)18(4)5)26(30(24)15-20(31)25(23)41-30)28(38)33(13-9-3)14-11-8-2/h7,9,18-21,23-26,35H,1,3,8,10-17H2,2,4-6H3,(H,32,36)/t19-,20?,21+,23+,24-,25+,26+,30-/m1/s1. The van der Waals surface area contributed by atoms with E-state index in [0.29, 0.717) is 32.4 Å². The molecule has 3 aliphatic rings. The van der Waals surface area contributed by atoms with Gasteiger partial charge < -0.3 is 29.7 Å². The van der Waals surface area contributed by atoms with E-state index in [1.54, 1.807) is 24.0 Å². The molecule has 0 aromatic carbocycles. The number of amides is 3. The smallest absolute Gasteiger partial charge is 0.312 e. The lowest BCUT2D eigenvalue weighted by molar-refractivity contribution is -0.160. The molecular formula is C30H46BrN3O7. The molecule has 230 valence electrons. The second-order valence-electron chi connectivity index (χ2n) is 11.7. The zero-order chi connectivity index (χ0) is 30.5. The van der Waals surface area contributed by atoms with Crippen molar-refractivity contribution >= 4 is 39.6 Å². The van der Waals surface area contributed by atoms with E-state index in [1.165, 1.54) is 4.90 Å². The fourth-order valence-corrected chi connectivity index (χ4v) is 7.40. The average molecular weight is 641 g/mol. The largest absolute Gasteiger partial charge is 0.460 e. The third kappa shape index (κ3) is 6.57. The van der Waals surface area contributed by atoms with Gasteiger partial charge in [-0.25, -0.2) is 0 Å². The molecule has 41 heavy (non-hydrogen) atoms. The maximum absolute atomic E-state index is 14.3. The number of nitrogens with zero attached hydrogens (tertiary/aromatic N) is 2. The minimum atomic E-state index is -1.24. The Balaban J connectivity index is 1.94. The van der Waals surface area contributed by atoms with Crippen LogP contribution in [0, 0.1) is 17.8 Å². The Labute approximate surface area is 252 Å². The van der Waals surface area contributed by atoms with Crippen LogP contribution < -0.4 is 5.32 Å². The van der Waals surface area contributed by atoms with E-state index in [-0.39, 0.29) is 41.6 Å². The predicted octanol–water partition coefficient (Wildman–Crippen LogP) is 2.58. The summed E-state index contributed by atoms with van der Waals surface area (Å²) in [6, 6.07) is -1.63. The van der Waals surface area contributed by atoms with Gasteiger partial charge in [0.1, 0.15) is 17.7 Å². The quantitative estimate of drug-likeness (QED) is 0.151. The highest BCUT2D eigenvalue weighted by Crippen LogP contribution is 2.61. The number of halogens is 1. The van der Waals surface area contributed by atoms with Crippen molar-refractivity contribution in [1.29, 1.82) is 0 Å². The molecule has 2 bridgehead atoms. The first-order valence-electron chi connectivity index (χ1n) is 14.7. The average Bonchev–Trinajstić information content (AvgIpc) is 3.52. The van der Waals surface area contributed by atoms with E-state index in [1.807, 2.05) is 20.8 Å². The van der Waals surface area contributed by atoms with E-state index in [4.69, 9.17) is 9.47 Å². The van der Waals surface area contributed by atoms with Gasteiger partial charge in [-0.2, -0.15) is 0 Å². The number of ether oxygens (including phenoxy) is 2. The summed E-state index contributed by atoms with van der Waals surface area (Å²) >= 11 is 3.67. The summed E-state index contributed by atoms with van der Waals surface area (Å²) in [5.74, 6) is -3.42. The molecule has 1 spiro atoms. The summed E-state index contributed by atoms with van der Waals surface area (Å²) in [5, 5.41) is 13.1. The third-order valence-electron chi connectivity index (χ3n) is 8.47. The van der Waals surface area contributed by atoms with Crippen LogP contribution in [-0.4, -0.2) is 99.6 Å². The number of aliphatic hydroxyl groups excluding tert-OH is 1. The Morgan fingerprint density at radius 2 is 2.00 bits per heavy atom. The summed E-state index contributed by atoms with van der Waals surface area (Å²) in [6.45, 7) is 15.5. The van der Waals surface area contributed by atoms with Crippen molar-refractivity contribution in [3.63, 3.8) is 0 Å². The number of nitrogens with one attached hydrogen (secondary N) is 1. The van der Waals surface area contributed by atoms with Gasteiger partial charge in [0.15, 0.2) is 0 Å². The zero-order valence-electron chi connectivity index (χ0n) is 24.7. The Kier molecular flexibility index (Phi) is 11.6. The summed E-state index contributed by atoms with van der Waals surface area (Å²) in [7, 11) is 0. The minimum Gasteiger partial charge on any atom is -0.460 e. The van der Waals surface area contributed by atoms with Crippen molar-refractivity contribution in [1.82, 2.24) is 15.1 Å². The maximum Gasteiger partial charge on any atom is 0.312 e. The van der Waals surface area contributed by atoms with Crippen molar-refractivity contribution in [3.05, 3.63) is 25.3 Å². The SMILES string of the molecule is C=CCCC(=O)NC[C@@H](C)OC(=O)[C@@H]1[C@H]2O[C@@]3(CC2Br)[C@H](C(=O)N(CC=C)CCCC)N([C@@H](CO)C(C)C)C(=O)[C@@H]13. The Morgan fingerprint density at radius 1 is 1.29 bits per heavy atom. The molecule has 3 fully saturated rings. The Bertz CT molecular complexity index is 1010. The number of unbranched alkanes of at least 4 members (excludes halogenated alkanes) is 1. The molecule has 10 nitrogen and oxygen atoms in total. The van der Waals surface area contributed by atoms with Crippen LogP contribution in [0.5, 0.6) is 0 Å². The number of fused-ring (bicyclic) bond motifs is 1. The van der Waals surface area contributed by atoms with E-state index < -0.39 is 47.7 Å². The van der Waals surface area contributed by atoms with Crippen LogP contribution in [-0.2, 0) is 28.7 Å². The van der Waals surface area contributed by atoms with E-state index in [9.17, 15) is 24.3 Å². The van der Waals surface area contributed by atoms with Gasteiger partial charge in [-0.1, -0.05) is 55.3 Å². The van der Waals surface area contributed by atoms with Crippen molar-refractivity contribution in [2.75, 3.05) is 26.2 Å².